The van der Waals surface area contributed by atoms with Crippen molar-refractivity contribution in [3.8, 4) is 11.5 Å². The first kappa shape index (κ1) is 33.1. The summed E-state index contributed by atoms with van der Waals surface area (Å²) in [4.78, 5) is 63.4. The molecule has 1 fully saturated rings. The van der Waals surface area contributed by atoms with E-state index in [4.69, 9.17) is 23.7 Å². The van der Waals surface area contributed by atoms with Gasteiger partial charge in [-0.1, -0.05) is 62.6 Å². The van der Waals surface area contributed by atoms with E-state index in [0.717, 1.165) is 19.3 Å². The predicted octanol–water partition coefficient (Wildman–Crippen LogP) is 3.46. The maximum Gasteiger partial charge on any atom is 0.513 e. The van der Waals surface area contributed by atoms with E-state index in [0.29, 0.717) is 21.8 Å². The molecule has 0 amide bonds. The Labute approximate surface area is 256 Å². The van der Waals surface area contributed by atoms with Gasteiger partial charge < -0.3 is 28.8 Å². The zero-order valence-electron chi connectivity index (χ0n) is 24.5. The minimum atomic E-state index is -2.52. The first-order valence-electron chi connectivity index (χ1n) is 14.3. The Morgan fingerprint density at radius 2 is 1.60 bits per heavy atom. The molecular weight excluding hydrogens is 595 g/mol. The van der Waals surface area contributed by atoms with Gasteiger partial charge in [0, 0.05) is 12.8 Å². The molecule has 0 saturated carbocycles. The second-order valence-corrected chi connectivity index (χ2v) is 10.2. The molecule has 0 radical (unpaired) electrons. The lowest BCUT2D eigenvalue weighted by Crippen LogP contribution is -2.50. The third-order valence-corrected chi connectivity index (χ3v) is 7.00. The molecule has 0 bridgehead atoms. The number of hydrogen-bond acceptors (Lipinski definition) is 11. The van der Waals surface area contributed by atoms with Crippen LogP contribution >= 0.6 is 0 Å². The van der Waals surface area contributed by atoms with Crippen LogP contribution in [0.3, 0.4) is 0 Å². The van der Waals surface area contributed by atoms with Crippen LogP contribution in [-0.4, -0.2) is 50.6 Å². The van der Waals surface area contributed by atoms with Gasteiger partial charge in [-0.15, -0.1) is 0 Å². The van der Waals surface area contributed by atoms with Gasteiger partial charge in [-0.2, -0.15) is 4.39 Å². The molecular formula is C31H33FN2O11. The van der Waals surface area contributed by atoms with E-state index in [1.54, 1.807) is 36.4 Å². The number of esters is 2. The number of benzene rings is 2. The number of hydrogen-bond donors (Lipinski definition) is 1. The fraction of sp³-hybridized carbons (Fsp3) is 0.387. The second kappa shape index (κ2) is 15.3. The summed E-state index contributed by atoms with van der Waals surface area (Å²) in [6.07, 6.45) is -1.20. The minimum absolute atomic E-state index is 0.0505. The maximum atomic E-state index is 14.8. The van der Waals surface area contributed by atoms with E-state index in [-0.39, 0.29) is 17.9 Å². The molecule has 2 heterocycles. The van der Waals surface area contributed by atoms with Gasteiger partial charge in [0.2, 0.25) is 5.82 Å². The first-order valence-corrected chi connectivity index (χ1v) is 14.3. The molecule has 1 aliphatic rings. The average molecular weight is 629 g/mol. The molecule has 0 spiro atoms. The standard InChI is InChI=1S/C31H33FN2O11/c1-2-3-4-11-16-26(35)42-20-34-27(36)23(32)18-33(29(34)38)25-17-31(40,28(37)43-21-12-7-5-8-13-21)24(45-25)19-41-30(39)44-22-14-9-6-10-15-22/h5-10,12-15,18,24-25,40H,2-4,11,16-17,19-20H2,1H3/t24-,25-,31+/m1/s1. The van der Waals surface area contributed by atoms with Gasteiger partial charge in [-0.25, -0.2) is 19.0 Å². The number of carbonyl (C=O) groups excluding carboxylic acids is 3. The van der Waals surface area contributed by atoms with E-state index in [9.17, 15) is 33.5 Å². The smallest absolute Gasteiger partial charge is 0.444 e. The molecule has 4 rings (SSSR count). The highest BCUT2D eigenvalue weighted by Gasteiger charge is 2.56. The van der Waals surface area contributed by atoms with E-state index in [1.807, 2.05) is 6.92 Å². The first-order chi connectivity index (χ1) is 21.6. The van der Waals surface area contributed by atoms with Crippen LogP contribution in [0.1, 0.15) is 51.7 Å². The number of para-hydroxylation sites is 2. The number of aromatic nitrogens is 2. The van der Waals surface area contributed by atoms with Crippen LogP contribution < -0.4 is 20.7 Å². The fourth-order valence-corrected chi connectivity index (χ4v) is 4.56. The molecule has 1 saturated heterocycles. The molecule has 14 heteroatoms. The van der Waals surface area contributed by atoms with Crippen LogP contribution in [0.25, 0.3) is 0 Å². The van der Waals surface area contributed by atoms with Gasteiger partial charge in [-0.05, 0) is 30.7 Å². The Morgan fingerprint density at radius 1 is 0.956 bits per heavy atom. The van der Waals surface area contributed by atoms with Gasteiger partial charge >= 0.3 is 23.8 Å². The van der Waals surface area contributed by atoms with Gasteiger partial charge in [0.1, 0.15) is 30.4 Å². The molecule has 13 nitrogen and oxygen atoms in total. The van der Waals surface area contributed by atoms with Crippen LogP contribution in [0.15, 0.2) is 76.4 Å². The summed E-state index contributed by atoms with van der Waals surface area (Å²) in [6, 6.07) is 15.7. The van der Waals surface area contributed by atoms with Gasteiger partial charge in [-0.3, -0.25) is 14.2 Å². The van der Waals surface area contributed by atoms with Crippen LogP contribution in [0.2, 0.25) is 0 Å². The largest absolute Gasteiger partial charge is 0.513 e. The van der Waals surface area contributed by atoms with Crippen molar-refractivity contribution in [2.24, 2.45) is 0 Å². The molecule has 3 aromatic rings. The van der Waals surface area contributed by atoms with E-state index >= 15 is 0 Å². The van der Waals surface area contributed by atoms with Crippen LogP contribution in [0.4, 0.5) is 9.18 Å². The lowest BCUT2D eigenvalue weighted by Gasteiger charge is -2.25. The maximum absolute atomic E-state index is 14.8. The predicted molar refractivity (Wildman–Crippen MR) is 154 cm³/mol. The normalized spacial score (nSPS) is 19.1. The zero-order valence-corrected chi connectivity index (χ0v) is 24.5. The van der Waals surface area contributed by atoms with Crippen molar-refractivity contribution < 1.29 is 47.6 Å². The lowest BCUT2D eigenvalue weighted by molar-refractivity contribution is -0.164. The number of ether oxygens (including phenoxy) is 5. The van der Waals surface area contributed by atoms with Crippen molar-refractivity contribution in [2.45, 2.75) is 70.1 Å². The summed E-state index contributed by atoms with van der Waals surface area (Å²) < 4.78 is 42.0. The quantitative estimate of drug-likeness (QED) is 0.128. The Hall–Kier alpha value is -4.82. The molecule has 1 N–H and O–H groups in total. The van der Waals surface area contributed by atoms with E-state index in [2.05, 4.69) is 0 Å². The van der Waals surface area contributed by atoms with Crippen LogP contribution in [0.5, 0.6) is 11.5 Å². The summed E-state index contributed by atoms with van der Waals surface area (Å²) in [6.45, 7) is 0.401. The molecule has 0 unspecified atom stereocenters. The van der Waals surface area contributed by atoms with Crippen molar-refractivity contribution >= 4 is 18.1 Å². The van der Waals surface area contributed by atoms with Gasteiger partial charge in [0.15, 0.2) is 12.3 Å². The molecule has 240 valence electrons. The number of rotatable bonds is 13. The summed E-state index contributed by atoms with van der Waals surface area (Å²) in [5, 5.41) is 11.5. The summed E-state index contributed by atoms with van der Waals surface area (Å²) in [7, 11) is 0. The Morgan fingerprint density at radius 3 is 2.24 bits per heavy atom. The number of carbonyl (C=O) groups is 3. The average Bonchev–Trinajstić information content (AvgIpc) is 3.38. The number of halogens is 1. The number of aliphatic hydroxyl groups is 1. The fourth-order valence-electron chi connectivity index (χ4n) is 4.56. The van der Waals surface area contributed by atoms with E-state index < -0.39 is 72.9 Å². The molecule has 3 atom stereocenters. The third-order valence-electron chi connectivity index (χ3n) is 7.00. The molecule has 45 heavy (non-hydrogen) atoms. The topological polar surface area (TPSA) is 162 Å². The Balaban J connectivity index is 1.55. The number of nitrogens with zero attached hydrogens (tertiary/aromatic N) is 2. The molecule has 1 aromatic heterocycles. The molecule has 1 aliphatic heterocycles. The third kappa shape index (κ3) is 8.42. The summed E-state index contributed by atoms with van der Waals surface area (Å²) in [5.74, 6) is -3.03. The lowest BCUT2D eigenvalue weighted by atomic mass is 9.95. The zero-order chi connectivity index (χ0) is 32.4. The molecule has 0 aliphatic carbocycles. The van der Waals surface area contributed by atoms with Crippen molar-refractivity contribution in [2.75, 3.05) is 6.61 Å². The Bertz CT molecular complexity index is 1590. The van der Waals surface area contributed by atoms with Gasteiger partial charge in [0.25, 0.3) is 5.56 Å². The summed E-state index contributed by atoms with van der Waals surface area (Å²) >= 11 is 0. The van der Waals surface area contributed by atoms with Crippen molar-refractivity contribution in [1.82, 2.24) is 9.13 Å². The number of unbranched alkanes of at least 4 members (excludes halogenated alkanes) is 3. The second-order valence-electron chi connectivity index (χ2n) is 10.2. The SMILES string of the molecule is CCCCCCC(=O)OCn1c(=O)c(F)cn([C@H]2C[C@@](O)(C(=O)Oc3ccccc3)[C@@H](COC(=O)Oc3ccccc3)O2)c1=O. The van der Waals surface area contributed by atoms with Crippen LogP contribution in [0, 0.1) is 5.82 Å². The highest BCUT2D eigenvalue weighted by molar-refractivity contribution is 5.82. The van der Waals surface area contributed by atoms with Gasteiger partial charge in [0.05, 0.1) is 6.20 Å². The van der Waals surface area contributed by atoms with Crippen molar-refractivity contribution in [3.05, 3.63) is 93.5 Å². The van der Waals surface area contributed by atoms with Crippen molar-refractivity contribution in [3.63, 3.8) is 0 Å². The Kier molecular flexibility index (Phi) is 11.2. The molecule has 2 aromatic carbocycles. The van der Waals surface area contributed by atoms with Crippen LogP contribution in [-0.2, 0) is 30.5 Å². The summed E-state index contributed by atoms with van der Waals surface area (Å²) in [5.41, 5.74) is -5.01. The van der Waals surface area contributed by atoms with Crippen molar-refractivity contribution in [1.29, 1.82) is 0 Å². The minimum Gasteiger partial charge on any atom is -0.444 e. The highest BCUT2D eigenvalue weighted by atomic mass is 19.1. The van der Waals surface area contributed by atoms with E-state index in [1.165, 1.54) is 24.3 Å². The highest BCUT2D eigenvalue weighted by Crippen LogP contribution is 2.38. The monoisotopic (exact) mass is 628 g/mol.